The van der Waals surface area contributed by atoms with E-state index in [0.29, 0.717) is 6.07 Å². The molecule has 15 heteroatoms. The van der Waals surface area contributed by atoms with E-state index in [1.807, 2.05) is 0 Å². The average Bonchev–Trinajstić information content (AvgIpc) is 3.21. The van der Waals surface area contributed by atoms with Crippen LogP contribution in [0.3, 0.4) is 0 Å². The minimum absolute atomic E-state index is 0.0500. The number of pyridine rings is 2. The molecule has 4 rings (SSSR count). The standard InChI is InChI=1S/C20H14F6N8O/c21-19(22,23)13-3-1-2-12(30-13)15-31-16(29-11-4-6-28-14(8-11)20(24,25)26)33-17(32-15)34-7-5-18(35,9-27)10-34/h1-4,6,8,35H,5,7,10H2,(H,28,29,31,32,33). The molecular formula is C20H14F6N8O. The number of anilines is 3. The Labute approximate surface area is 193 Å². The van der Waals surface area contributed by atoms with Crippen molar-refractivity contribution >= 4 is 17.6 Å². The Balaban J connectivity index is 1.76. The number of hydrogen-bond acceptors (Lipinski definition) is 9. The zero-order chi connectivity index (χ0) is 25.4. The van der Waals surface area contributed by atoms with Crippen LogP contribution in [0, 0.1) is 11.3 Å². The van der Waals surface area contributed by atoms with Crippen molar-refractivity contribution in [2.45, 2.75) is 24.4 Å². The summed E-state index contributed by atoms with van der Waals surface area (Å²) in [6, 6.07) is 6.76. The molecule has 1 fully saturated rings. The van der Waals surface area contributed by atoms with Crippen molar-refractivity contribution in [1.29, 1.82) is 5.26 Å². The molecule has 0 bridgehead atoms. The monoisotopic (exact) mass is 496 g/mol. The molecule has 0 spiro atoms. The topological polar surface area (TPSA) is 124 Å². The van der Waals surface area contributed by atoms with E-state index in [9.17, 15) is 31.4 Å². The number of β-amino-alcohol motifs (C(OH)–C–C–N with tert-alkyl or cyclic N) is 1. The van der Waals surface area contributed by atoms with Gasteiger partial charge in [-0.2, -0.15) is 46.6 Å². The summed E-state index contributed by atoms with van der Waals surface area (Å²) in [5.41, 5.74) is -4.44. The number of hydrogen-bond donors (Lipinski definition) is 2. The minimum atomic E-state index is -4.74. The van der Waals surface area contributed by atoms with E-state index in [2.05, 4.69) is 30.2 Å². The van der Waals surface area contributed by atoms with Crippen LogP contribution in [-0.4, -0.2) is 48.7 Å². The fraction of sp³-hybridized carbons (Fsp3) is 0.300. The van der Waals surface area contributed by atoms with Gasteiger partial charge in [-0.25, -0.2) is 4.98 Å². The van der Waals surface area contributed by atoms with Crippen LogP contribution in [0.25, 0.3) is 11.5 Å². The minimum Gasteiger partial charge on any atom is -0.373 e. The van der Waals surface area contributed by atoms with E-state index in [-0.39, 0.29) is 48.6 Å². The van der Waals surface area contributed by atoms with Crippen molar-refractivity contribution in [3.63, 3.8) is 0 Å². The summed E-state index contributed by atoms with van der Waals surface area (Å²) in [5.74, 6) is -0.718. The molecule has 3 aromatic heterocycles. The Morgan fingerprint density at radius 2 is 1.74 bits per heavy atom. The maximum atomic E-state index is 13.1. The zero-order valence-corrected chi connectivity index (χ0v) is 17.4. The Kier molecular flexibility index (Phi) is 5.93. The van der Waals surface area contributed by atoms with Crippen molar-refractivity contribution in [3.8, 4) is 17.6 Å². The van der Waals surface area contributed by atoms with Crippen molar-refractivity contribution < 1.29 is 31.4 Å². The molecule has 0 aromatic carbocycles. The zero-order valence-electron chi connectivity index (χ0n) is 17.4. The first kappa shape index (κ1) is 24.1. The molecule has 1 aliphatic rings. The molecule has 1 saturated heterocycles. The van der Waals surface area contributed by atoms with Crippen LogP contribution in [-0.2, 0) is 12.4 Å². The third-order valence-electron chi connectivity index (χ3n) is 4.94. The number of nitrogens with zero attached hydrogens (tertiary/aromatic N) is 7. The van der Waals surface area contributed by atoms with Gasteiger partial charge in [0.05, 0.1) is 12.6 Å². The van der Waals surface area contributed by atoms with E-state index in [4.69, 9.17) is 5.26 Å². The summed E-state index contributed by atoms with van der Waals surface area (Å²) in [4.78, 5) is 20.5. The van der Waals surface area contributed by atoms with E-state index < -0.39 is 29.3 Å². The van der Waals surface area contributed by atoms with Gasteiger partial charge in [0.25, 0.3) is 0 Å². The Morgan fingerprint density at radius 3 is 2.40 bits per heavy atom. The van der Waals surface area contributed by atoms with Gasteiger partial charge in [0.2, 0.25) is 11.9 Å². The first-order valence-corrected chi connectivity index (χ1v) is 9.86. The van der Waals surface area contributed by atoms with Crippen LogP contribution in [0.2, 0.25) is 0 Å². The van der Waals surface area contributed by atoms with Gasteiger partial charge >= 0.3 is 12.4 Å². The first-order chi connectivity index (χ1) is 16.4. The Morgan fingerprint density at radius 1 is 1.00 bits per heavy atom. The van der Waals surface area contributed by atoms with Gasteiger partial charge in [-0.1, -0.05) is 6.07 Å². The molecule has 0 radical (unpaired) electrons. The molecule has 1 atom stereocenters. The predicted molar refractivity (Wildman–Crippen MR) is 108 cm³/mol. The fourth-order valence-corrected chi connectivity index (χ4v) is 3.24. The molecule has 4 heterocycles. The van der Waals surface area contributed by atoms with Crippen LogP contribution in [0.15, 0.2) is 36.5 Å². The molecule has 0 saturated carbocycles. The lowest BCUT2D eigenvalue weighted by Crippen LogP contribution is -2.32. The number of aliphatic hydroxyl groups is 1. The molecule has 0 amide bonds. The molecule has 182 valence electrons. The molecule has 1 aliphatic heterocycles. The third kappa shape index (κ3) is 5.38. The van der Waals surface area contributed by atoms with Crippen LogP contribution in [0.4, 0.5) is 43.9 Å². The van der Waals surface area contributed by atoms with E-state index in [0.717, 1.165) is 18.3 Å². The number of aromatic nitrogens is 5. The van der Waals surface area contributed by atoms with Gasteiger partial charge in [0.15, 0.2) is 11.4 Å². The van der Waals surface area contributed by atoms with Gasteiger partial charge in [0.1, 0.15) is 17.1 Å². The summed E-state index contributed by atoms with van der Waals surface area (Å²) < 4.78 is 78.5. The Bertz CT molecular complexity index is 1290. The van der Waals surface area contributed by atoms with E-state index in [1.54, 1.807) is 6.07 Å². The SMILES string of the molecule is N#CC1(O)CCN(c2nc(Nc3ccnc(C(F)(F)F)c3)nc(-c3cccc(C(F)(F)F)n3)n2)C1. The van der Waals surface area contributed by atoms with Crippen LogP contribution in [0.1, 0.15) is 17.8 Å². The Hall–Kier alpha value is -4.06. The summed E-state index contributed by atoms with van der Waals surface area (Å²) in [5, 5.41) is 21.9. The highest BCUT2D eigenvalue weighted by Gasteiger charge is 2.38. The highest BCUT2D eigenvalue weighted by atomic mass is 19.4. The second-order valence-electron chi connectivity index (χ2n) is 7.56. The van der Waals surface area contributed by atoms with Gasteiger partial charge in [0, 0.05) is 24.8 Å². The summed E-state index contributed by atoms with van der Waals surface area (Å²) in [6.07, 6.45) is -8.49. The van der Waals surface area contributed by atoms with Crippen molar-refractivity contribution in [2.24, 2.45) is 0 Å². The molecular weight excluding hydrogens is 482 g/mol. The van der Waals surface area contributed by atoms with E-state index >= 15 is 0 Å². The van der Waals surface area contributed by atoms with Crippen LogP contribution >= 0.6 is 0 Å². The molecule has 35 heavy (non-hydrogen) atoms. The summed E-state index contributed by atoms with van der Waals surface area (Å²) >= 11 is 0. The summed E-state index contributed by atoms with van der Waals surface area (Å²) in [6.45, 7) is -0.0632. The fourth-order valence-electron chi connectivity index (χ4n) is 3.24. The molecule has 0 aliphatic carbocycles. The van der Waals surface area contributed by atoms with Gasteiger partial charge in [-0.15, -0.1) is 0 Å². The quantitative estimate of drug-likeness (QED) is 0.412. The first-order valence-electron chi connectivity index (χ1n) is 9.86. The van der Waals surface area contributed by atoms with Crippen molar-refractivity contribution in [2.75, 3.05) is 23.3 Å². The van der Waals surface area contributed by atoms with Gasteiger partial charge < -0.3 is 15.3 Å². The smallest absolute Gasteiger partial charge is 0.373 e. The van der Waals surface area contributed by atoms with Crippen LogP contribution in [0.5, 0.6) is 0 Å². The number of nitrogens with one attached hydrogen (secondary N) is 1. The number of halogens is 6. The number of alkyl halides is 6. The molecule has 2 N–H and O–H groups in total. The number of rotatable bonds is 4. The highest BCUT2D eigenvalue weighted by molar-refractivity contribution is 5.59. The van der Waals surface area contributed by atoms with Crippen molar-refractivity contribution in [3.05, 3.63) is 47.9 Å². The predicted octanol–water partition coefficient (Wildman–Crippen LogP) is 3.57. The van der Waals surface area contributed by atoms with Crippen LogP contribution < -0.4 is 10.2 Å². The normalized spacial score (nSPS) is 18.4. The average molecular weight is 496 g/mol. The lowest BCUT2D eigenvalue weighted by atomic mass is 10.1. The van der Waals surface area contributed by atoms with E-state index in [1.165, 1.54) is 17.0 Å². The maximum Gasteiger partial charge on any atom is 0.433 e. The van der Waals surface area contributed by atoms with Gasteiger partial charge in [-0.3, -0.25) is 4.98 Å². The maximum absolute atomic E-state index is 13.1. The van der Waals surface area contributed by atoms with Crippen molar-refractivity contribution in [1.82, 2.24) is 24.9 Å². The molecule has 3 aromatic rings. The second-order valence-corrected chi connectivity index (χ2v) is 7.56. The third-order valence-corrected chi connectivity index (χ3v) is 4.94. The lowest BCUT2D eigenvalue weighted by molar-refractivity contribution is -0.141. The summed E-state index contributed by atoms with van der Waals surface area (Å²) in [7, 11) is 0. The molecule has 9 nitrogen and oxygen atoms in total. The molecule has 1 unspecified atom stereocenters. The lowest BCUT2D eigenvalue weighted by Gasteiger charge is -2.19. The second kappa shape index (κ2) is 8.62. The number of nitriles is 1. The highest BCUT2D eigenvalue weighted by Crippen LogP contribution is 2.32. The van der Waals surface area contributed by atoms with Gasteiger partial charge in [-0.05, 0) is 24.3 Å². The largest absolute Gasteiger partial charge is 0.433 e.